The maximum absolute atomic E-state index is 11.2. The number of hydrogen-bond donors (Lipinski definition) is 1. The molecule has 2 aromatic carbocycles. The Labute approximate surface area is 153 Å². The summed E-state index contributed by atoms with van der Waals surface area (Å²) in [6, 6.07) is 13.2. The summed E-state index contributed by atoms with van der Waals surface area (Å²) in [4.78, 5) is 14.0. The average Bonchev–Trinajstić information content (AvgIpc) is 3.06. The normalized spacial score (nSPS) is 11.8. The molecular weight excluding hydrogens is 324 g/mol. The number of nitro benzene ring substituents is 1. The first-order chi connectivity index (χ1) is 12.6. The van der Waals surface area contributed by atoms with E-state index in [-0.39, 0.29) is 16.5 Å². The number of H-pyrrole nitrogens is 1. The SMILES string of the molecule is CCCCC#CC(c1ccc(C)cc1)c1c[nH]c2ccc([N+](=O)[O-])cc12. The van der Waals surface area contributed by atoms with E-state index in [0.29, 0.717) is 0 Å². The van der Waals surface area contributed by atoms with Crippen molar-refractivity contribution in [1.82, 2.24) is 4.98 Å². The van der Waals surface area contributed by atoms with Gasteiger partial charge in [-0.15, -0.1) is 5.92 Å². The smallest absolute Gasteiger partial charge is 0.270 e. The number of nitrogens with zero attached hydrogens (tertiary/aromatic N) is 1. The van der Waals surface area contributed by atoms with Crippen LogP contribution in [0, 0.1) is 28.9 Å². The van der Waals surface area contributed by atoms with Gasteiger partial charge in [0.25, 0.3) is 5.69 Å². The summed E-state index contributed by atoms with van der Waals surface area (Å²) >= 11 is 0. The number of benzene rings is 2. The fourth-order valence-electron chi connectivity index (χ4n) is 3.02. The summed E-state index contributed by atoms with van der Waals surface area (Å²) in [5.41, 5.74) is 4.27. The van der Waals surface area contributed by atoms with Crippen LogP contribution in [0.5, 0.6) is 0 Å². The van der Waals surface area contributed by atoms with Gasteiger partial charge in [0, 0.05) is 35.7 Å². The molecular formula is C22H22N2O2. The van der Waals surface area contributed by atoms with Gasteiger partial charge in [0.1, 0.15) is 0 Å². The summed E-state index contributed by atoms with van der Waals surface area (Å²) < 4.78 is 0. The molecule has 1 aromatic heterocycles. The molecule has 26 heavy (non-hydrogen) atoms. The summed E-state index contributed by atoms with van der Waals surface area (Å²) in [5, 5.41) is 12.0. The molecule has 0 radical (unpaired) electrons. The molecule has 0 amide bonds. The molecule has 0 fully saturated rings. The topological polar surface area (TPSA) is 58.9 Å². The van der Waals surface area contributed by atoms with Crippen molar-refractivity contribution in [2.45, 2.75) is 39.0 Å². The number of aromatic amines is 1. The van der Waals surface area contributed by atoms with E-state index in [4.69, 9.17) is 0 Å². The number of rotatable bonds is 5. The highest BCUT2D eigenvalue weighted by Crippen LogP contribution is 2.32. The van der Waals surface area contributed by atoms with Crippen LogP contribution in [0.15, 0.2) is 48.7 Å². The monoisotopic (exact) mass is 346 g/mol. The minimum Gasteiger partial charge on any atom is -0.361 e. The highest BCUT2D eigenvalue weighted by Gasteiger charge is 2.18. The zero-order valence-corrected chi connectivity index (χ0v) is 15.1. The van der Waals surface area contributed by atoms with E-state index in [1.165, 1.54) is 11.6 Å². The fourth-order valence-corrected chi connectivity index (χ4v) is 3.02. The van der Waals surface area contributed by atoms with Gasteiger partial charge in [-0.25, -0.2) is 0 Å². The van der Waals surface area contributed by atoms with Crippen molar-refractivity contribution in [2.24, 2.45) is 0 Å². The number of aryl methyl sites for hydroxylation is 1. The summed E-state index contributed by atoms with van der Waals surface area (Å²) in [7, 11) is 0. The van der Waals surface area contributed by atoms with Crippen molar-refractivity contribution in [2.75, 3.05) is 0 Å². The Morgan fingerprint density at radius 2 is 1.96 bits per heavy atom. The van der Waals surface area contributed by atoms with Crippen LogP contribution in [-0.4, -0.2) is 9.91 Å². The Kier molecular flexibility index (Phi) is 5.38. The molecule has 1 unspecified atom stereocenters. The van der Waals surface area contributed by atoms with Crippen LogP contribution < -0.4 is 0 Å². The van der Waals surface area contributed by atoms with E-state index in [9.17, 15) is 10.1 Å². The van der Waals surface area contributed by atoms with Gasteiger partial charge in [-0.05, 0) is 30.5 Å². The Morgan fingerprint density at radius 1 is 1.19 bits per heavy atom. The summed E-state index contributed by atoms with van der Waals surface area (Å²) in [5.74, 6) is 6.58. The van der Waals surface area contributed by atoms with Gasteiger partial charge in [-0.2, -0.15) is 0 Å². The van der Waals surface area contributed by atoms with Crippen LogP contribution in [-0.2, 0) is 0 Å². The number of nitro groups is 1. The molecule has 1 N–H and O–H groups in total. The molecule has 0 saturated heterocycles. The van der Waals surface area contributed by atoms with E-state index < -0.39 is 0 Å². The molecule has 3 aromatic rings. The number of non-ortho nitro benzene ring substituents is 1. The highest BCUT2D eigenvalue weighted by atomic mass is 16.6. The second-order valence-corrected chi connectivity index (χ2v) is 6.50. The van der Waals surface area contributed by atoms with Crippen molar-refractivity contribution in [3.63, 3.8) is 0 Å². The van der Waals surface area contributed by atoms with E-state index >= 15 is 0 Å². The van der Waals surface area contributed by atoms with Crippen molar-refractivity contribution >= 4 is 16.6 Å². The van der Waals surface area contributed by atoms with E-state index in [0.717, 1.165) is 41.3 Å². The van der Waals surface area contributed by atoms with Crippen LogP contribution in [0.2, 0.25) is 0 Å². The van der Waals surface area contributed by atoms with Crippen LogP contribution >= 0.6 is 0 Å². The average molecular weight is 346 g/mol. The number of hydrogen-bond acceptors (Lipinski definition) is 2. The minimum absolute atomic E-state index is 0.0972. The third-order valence-corrected chi connectivity index (χ3v) is 4.53. The van der Waals surface area contributed by atoms with Crippen molar-refractivity contribution in [1.29, 1.82) is 0 Å². The minimum atomic E-state index is -0.357. The van der Waals surface area contributed by atoms with Crippen molar-refractivity contribution < 1.29 is 4.92 Å². The van der Waals surface area contributed by atoms with Crippen LogP contribution in [0.4, 0.5) is 5.69 Å². The largest absolute Gasteiger partial charge is 0.361 e. The molecule has 1 heterocycles. The maximum atomic E-state index is 11.2. The molecule has 0 saturated carbocycles. The predicted molar refractivity (Wildman–Crippen MR) is 105 cm³/mol. The van der Waals surface area contributed by atoms with Gasteiger partial charge in [-0.3, -0.25) is 10.1 Å². The Morgan fingerprint density at radius 3 is 2.65 bits per heavy atom. The van der Waals surface area contributed by atoms with Gasteiger partial charge in [0.2, 0.25) is 0 Å². The summed E-state index contributed by atoms with van der Waals surface area (Å²) in [6.45, 7) is 4.21. The molecule has 0 bridgehead atoms. The molecule has 3 rings (SSSR count). The Balaban J connectivity index is 2.09. The molecule has 4 heteroatoms. The quantitative estimate of drug-likeness (QED) is 0.278. The number of nitrogens with one attached hydrogen (secondary N) is 1. The number of aromatic nitrogens is 1. The van der Waals surface area contributed by atoms with E-state index in [1.807, 2.05) is 6.20 Å². The molecule has 0 spiro atoms. The molecule has 0 aliphatic carbocycles. The van der Waals surface area contributed by atoms with Crippen molar-refractivity contribution in [3.05, 3.63) is 75.5 Å². The van der Waals surface area contributed by atoms with Crippen LogP contribution in [0.3, 0.4) is 0 Å². The molecule has 0 aliphatic heterocycles. The van der Waals surface area contributed by atoms with Gasteiger partial charge in [0.05, 0.1) is 10.8 Å². The Hall–Kier alpha value is -3.06. The first-order valence-corrected chi connectivity index (χ1v) is 8.90. The predicted octanol–water partition coefficient (Wildman–Crippen LogP) is 5.71. The van der Waals surface area contributed by atoms with Gasteiger partial charge in [0.15, 0.2) is 0 Å². The van der Waals surface area contributed by atoms with Gasteiger partial charge < -0.3 is 4.98 Å². The number of unbranched alkanes of at least 4 members (excludes halogenated alkanes) is 2. The molecule has 132 valence electrons. The third-order valence-electron chi connectivity index (χ3n) is 4.53. The lowest BCUT2D eigenvalue weighted by molar-refractivity contribution is -0.384. The first-order valence-electron chi connectivity index (χ1n) is 8.90. The fraction of sp³-hybridized carbons (Fsp3) is 0.273. The third kappa shape index (κ3) is 3.78. The lowest BCUT2D eigenvalue weighted by Gasteiger charge is -2.11. The van der Waals surface area contributed by atoms with Gasteiger partial charge >= 0.3 is 0 Å². The lowest BCUT2D eigenvalue weighted by Crippen LogP contribution is -1.98. The first kappa shape index (κ1) is 17.8. The zero-order valence-electron chi connectivity index (χ0n) is 15.1. The molecule has 0 aliphatic rings. The second kappa shape index (κ2) is 7.88. The lowest BCUT2D eigenvalue weighted by atomic mass is 9.90. The Bertz CT molecular complexity index is 975. The van der Waals surface area contributed by atoms with Crippen LogP contribution in [0.25, 0.3) is 10.9 Å². The highest BCUT2D eigenvalue weighted by molar-refractivity contribution is 5.86. The van der Waals surface area contributed by atoms with E-state index in [1.54, 1.807) is 12.1 Å². The van der Waals surface area contributed by atoms with Gasteiger partial charge in [-0.1, -0.05) is 49.1 Å². The molecule has 4 nitrogen and oxygen atoms in total. The summed E-state index contributed by atoms with van der Waals surface area (Å²) in [6.07, 6.45) is 4.98. The molecule has 1 atom stereocenters. The maximum Gasteiger partial charge on any atom is 0.270 e. The zero-order chi connectivity index (χ0) is 18.5. The van der Waals surface area contributed by atoms with Crippen molar-refractivity contribution in [3.8, 4) is 11.8 Å². The second-order valence-electron chi connectivity index (χ2n) is 6.50. The standard InChI is InChI=1S/C22H22N2O2/c1-3-4-5-6-7-19(17-10-8-16(2)9-11-17)21-15-23-22-13-12-18(24(25)26)14-20(21)22/h8-15,19,23H,3-5H2,1-2H3. The van der Waals surface area contributed by atoms with E-state index in [2.05, 4.69) is 54.9 Å². The number of fused-ring (bicyclic) bond motifs is 1. The van der Waals surface area contributed by atoms with Crippen LogP contribution in [0.1, 0.15) is 48.8 Å².